The van der Waals surface area contributed by atoms with Crippen LogP contribution in [0, 0.1) is 0 Å². The van der Waals surface area contributed by atoms with Gasteiger partial charge in [-0.25, -0.2) is 14.6 Å². The second kappa shape index (κ2) is 6.73. The van der Waals surface area contributed by atoms with E-state index in [9.17, 15) is 9.59 Å². The van der Waals surface area contributed by atoms with E-state index in [0.717, 1.165) is 19.4 Å². The molecule has 0 radical (unpaired) electrons. The van der Waals surface area contributed by atoms with Gasteiger partial charge < -0.3 is 14.5 Å². The molecule has 0 aromatic heterocycles. The van der Waals surface area contributed by atoms with Crippen LogP contribution in [-0.2, 0) is 4.74 Å². The topological polar surface area (TPSA) is 65.1 Å². The molecular weight excluding hydrogens is 284 g/mol. The second-order valence-corrected chi connectivity index (χ2v) is 7.06. The third-order valence-corrected chi connectivity index (χ3v) is 4.01. The Morgan fingerprint density at radius 1 is 1.05 bits per heavy atom. The second-order valence-electron chi connectivity index (χ2n) is 7.06. The molecule has 0 spiro atoms. The SMILES string of the molecule is CC1CCCN1NC(=O)N1CCN(C(=O)OC(C)(C)C)CC1. The summed E-state index contributed by atoms with van der Waals surface area (Å²) in [5.74, 6) is 0. The molecule has 2 aliphatic heterocycles. The van der Waals surface area contributed by atoms with Gasteiger partial charge in [-0.1, -0.05) is 0 Å². The lowest BCUT2D eigenvalue weighted by atomic mass is 10.2. The molecule has 2 fully saturated rings. The van der Waals surface area contributed by atoms with Crippen LogP contribution in [0.25, 0.3) is 0 Å². The Kier molecular flexibility index (Phi) is 5.16. The molecule has 22 heavy (non-hydrogen) atoms. The lowest BCUT2D eigenvalue weighted by Crippen LogP contribution is -2.56. The minimum Gasteiger partial charge on any atom is -0.444 e. The minimum atomic E-state index is -0.489. The van der Waals surface area contributed by atoms with Crippen molar-refractivity contribution in [2.45, 2.75) is 52.2 Å². The van der Waals surface area contributed by atoms with Crippen LogP contribution in [0.2, 0.25) is 0 Å². The summed E-state index contributed by atoms with van der Waals surface area (Å²) in [7, 11) is 0. The van der Waals surface area contributed by atoms with Gasteiger partial charge in [-0.05, 0) is 40.5 Å². The molecule has 2 heterocycles. The van der Waals surface area contributed by atoms with E-state index in [1.54, 1.807) is 9.80 Å². The number of ether oxygens (including phenoxy) is 1. The maximum absolute atomic E-state index is 12.2. The normalized spacial score (nSPS) is 23.5. The standard InChI is InChI=1S/C15H28N4O3/c1-12-6-5-7-19(12)16-13(20)17-8-10-18(11-9-17)14(21)22-15(2,3)4/h12H,5-11H2,1-4H3,(H,16,20). The quantitative estimate of drug-likeness (QED) is 0.799. The Balaban J connectivity index is 1.76. The van der Waals surface area contributed by atoms with Crippen molar-refractivity contribution in [2.75, 3.05) is 32.7 Å². The van der Waals surface area contributed by atoms with Gasteiger partial charge in [-0.2, -0.15) is 0 Å². The Morgan fingerprint density at radius 2 is 1.64 bits per heavy atom. The smallest absolute Gasteiger partial charge is 0.410 e. The van der Waals surface area contributed by atoms with Gasteiger partial charge in [-0.3, -0.25) is 5.43 Å². The molecule has 7 nitrogen and oxygen atoms in total. The molecule has 2 saturated heterocycles. The zero-order valence-electron chi connectivity index (χ0n) is 14.1. The van der Waals surface area contributed by atoms with Gasteiger partial charge in [0, 0.05) is 38.8 Å². The molecule has 1 atom stereocenters. The lowest BCUT2D eigenvalue weighted by molar-refractivity contribution is 0.0161. The maximum Gasteiger partial charge on any atom is 0.410 e. The number of nitrogens with zero attached hydrogens (tertiary/aromatic N) is 3. The Labute approximate surface area is 132 Å². The van der Waals surface area contributed by atoms with Crippen LogP contribution in [0.3, 0.4) is 0 Å². The number of piperazine rings is 1. The predicted octanol–water partition coefficient (Wildman–Crippen LogP) is 1.65. The van der Waals surface area contributed by atoms with Crippen molar-refractivity contribution in [1.29, 1.82) is 0 Å². The van der Waals surface area contributed by atoms with Crippen molar-refractivity contribution >= 4 is 12.1 Å². The predicted molar refractivity (Wildman–Crippen MR) is 83.3 cm³/mol. The summed E-state index contributed by atoms with van der Waals surface area (Å²) in [6.45, 7) is 10.7. The zero-order valence-corrected chi connectivity index (χ0v) is 14.1. The van der Waals surface area contributed by atoms with Gasteiger partial charge in [0.2, 0.25) is 0 Å². The summed E-state index contributed by atoms with van der Waals surface area (Å²) in [5, 5.41) is 2.00. The third kappa shape index (κ3) is 4.50. The summed E-state index contributed by atoms with van der Waals surface area (Å²) in [6.07, 6.45) is 1.93. The first-order valence-electron chi connectivity index (χ1n) is 8.06. The van der Waals surface area contributed by atoms with Gasteiger partial charge in [-0.15, -0.1) is 0 Å². The molecule has 2 rings (SSSR count). The molecule has 7 heteroatoms. The molecule has 1 N–H and O–H groups in total. The molecule has 0 bridgehead atoms. The minimum absolute atomic E-state index is 0.0717. The average molecular weight is 312 g/mol. The summed E-state index contributed by atoms with van der Waals surface area (Å²) in [5.41, 5.74) is 2.48. The van der Waals surface area contributed by atoms with Crippen molar-refractivity contribution < 1.29 is 14.3 Å². The Bertz CT molecular complexity index is 414. The van der Waals surface area contributed by atoms with Crippen LogP contribution in [0.15, 0.2) is 0 Å². The van der Waals surface area contributed by atoms with E-state index < -0.39 is 5.60 Å². The van der Waals surface area contributed by atoms with E-state index in [0.29, 0.717) is 32.2 Å². The fourth-order valence-electron chi connectivity index (χ4n) is 2.71. The fraction of sp³-hybridized carbons (Fsp3) is 0.867. The molecule has 1 unspecified atom stereocenters. The Hall–Kier alpha value is -1.50. The van der Waals surface area contributed by atoms with E-state index in [1.165, 1.54) is 0 Å². The number of rotatable bonds is 1. The summed E-state index contributed by atoms with van der Waals surface area (Å²) >= 11 is 0. The van der Waals surface area contributed by atoms with Crippen LogP contribution >= 0.6 is 0 Å². The highest BCUT2D eigenvalue weighted by Crippen LogP contribution is 2.15. The summed E-state index contributed by atoms with van der Waals surface area (Å²) in [4.78, 5) is 27.6. The highest BCUT2D eigenvalue weighted by molar-refractivity contribution is 5.74. The third-order valence-electron chi connectivity index (χ3n) is 4.01. The highest BCUT2D eigenvalue weighted by Gasteiger charge is 2.29. The molecule has 0 aromatic carbocycles. The zero-order chi connectivity index (χ0) is 16.3. The van der Waals surface area contributed by atoms with Crippen molar-refractivity contribution in [2.24, 2.45) is 0 Å². The van der Waals surface area contributed by atoms with E-state index in [-0.39, 0.29) is 12.1 Å². The monoisotopic (exact) mass is 312 g/mol. The number of carbonyl (C=O) groups excluding carboxylic acids is 2. The molecular formula is C15H28N4O3. The highest BCUT2D eigenvalue weighted by atomic mass is 16.6. The van der Waals surface area contributed by atoms with Gasteiger partial charge in [0.1, 0.15) is 5.60 Å². The molecule has 3 amide bonds. The fourth-order valence-corrected chi connectivity index (χ4v) is 2.71. The van der Waals surface area contributed by atoms with E-state index >= 15 is 0 Å². The van der Waals surface area contributed by atoms with Crippen molar-refractivity contribution in [3.63, 3.8) is 0 Å². The number of hydrogen-bond acceptors (Lipinski definition) is 4. The first kappa shape index (κ1) is 16.9. The molecule has 0 saturated carbocycles. The van der Waals surface area contributed by atoms with Crippen LogP contribution < -0.4 is 5.43 Å². The number of urea groups is 1. The van der Waals surface area contributed by atoms with Crippen molar-refractivity contribution in [3.8, 4) is 0 Å². The molecule has 126 valence electrons. The summed E-state index contributed by atoms with van der Waals surface area (Å²) < 4.78 is 5.35. The van der Waals surface area contributed by atoms with E-state index in [2.05, 4.69) is 12.3 Å². The summed E-state index contributed by atoms with van der Waals surface area (Å²) in [6, 6.07) is 0.324. The van der Waals surface area contributed by atoms with Gasteiger partial charge in [0.25, 0.3) is 0 Å². The number of carbonyl (C=O) groups is 2. The molecule has 0 aliphatic carbocycles. The lowest BCUT2D eigenvalue weighted by Gasteiger charge is -2.36. The van der Waals surface area contributed by atoms with Crippen molar-refractivity contribution in [1.82, 2.24) is 20.2 Å². The van der Waals surface area contributed by atoms with Crippen LogP contribution in [0.4, 0.5) is 9.59 Å². The number of hydrogen-bond donors (Lipinski definition) is 1. The van der Waals surface area contributed by atoms with Gasteiger partial charge in [0.05, 0.1) is 0 Å². The Morgan fingerprint density at radius 3 is 2.14 bits per heavy atom. The van der Waals surface area contributed by atoms with E-state index in [4.69, 9.17) is 4.74 Å². The number of nitrogens with one attached hydrogen (secondary N) is 1. The number of hydrazine groups is 1. The van der Waals surface area contributed by atoms with Gasteiger partial charge in [0.15, 0.2) is 0 Å². The van der Waals surface area contributed by atoms with E-state index in [1.807, 2.05) is 25.8 Å². The molecule has 2 aliphatic rings. The maximum atomic E-state index is 12.2. The van der Waals surface area contributed by atoms with Crippen LogP contribution in [-0.4, -0.2) is 71.3 Å². The largest absolute Gasteiger partial charge is 0.444 e. The first-order valence-corrected chi connectivity index (χ1v) is 8.06. The van der Waals surface area contributed by atoms with Crippen LogP contribution in [0.1, 0.15) is 40.5 Å². The average Bonchev–Trinajstić information content (AvgIpc) is 2.82. The van der Waals surface area contributed by atoms with Crippen molar-refractivity contribution in [3.05, 3.63) is 0 Å². The van der Waals surface area contributed by atoms with Crippen LogP contribution in [0.5, 0.6) is 0 Å². The first-order chi connectivity index (χ1) is 10.3. The van der Waals surface area contributed by atoms with Gasteiger partial charge >= 0.3 is 12.1 Å². The number of amides is 3. The molecule has 0 aromatic rings.